The molecule has 0 saturated heterocycles. The lowest BCUT2D eigenvalue weighted by molar-refractivity contribution is -0.137. The molecular weight excluding hydrogens is 383 g/mol. The molecule has 0 aliphatic heterocycles. The highest BCUT2D eigenvalue weighted by Gasteiger charge is 2.31. The summed E-state index contributed by atoms with van der Waals surface area (Å²) >= 11 is 0. The van der Waals surface area contributed by atoms with Gasteiger partial charge in [0.2, 0.25) is 0 Å². The summed E-state index contributed by atoms with van der Waals surface area (Å²) in [5, 5.41) is 9.19. The van der Waals surface area contributed by atoms with Gasteiger partial charge in [-0.05, 0) is 42.0 Å². The van der Waals surface area contributed by atoms with Crippen LogP contribution in [-0.4, -0.2) is 29.9 Å². The summed E-state index contributed by atoms with van der Waals surface area (Å²) in [4.78, 5) is 14.3. The average molecular weight is 403 g/mol. The molecular formula is C20H20F3N5O. The number of alkyl halides is 3. The van der Waals surface area contributed by atoms with E-state index < -0.39 is 17.8 Å². The van der Waals surface area contributed by atoms with Crippen molar-refractivity contribution < 1.29 is 18.0 Å². The number of nitrogens with one attached hydrogen (secondary N) is 2. The SMILES string of the molecule is CN(C)c1cccc(CNC(=O)Nc2cc(C(F)(F)F)ccc2-n2cccn2)c1. The quantitative estimate of drug-likeness (QED) is 0.669. The first kappa shape index (κ1) is 20.2. The van der Waals surface area contributed by atoms with Crippen molar-refractivity contribution in [2.24, 2.45) is 0 Å². The topological polar surface area (TPSA) is 62.2 Å². The van der Waals surface area contributed by atoms with Gasteiger partial charge in [0.25, 0.3) is 0 Å². The van der Waals surface area contributed by atoms with Crippen molar-refractivity contribution in [1.29, 1.82) is 0 Å². The fourth-order valence-corrected chi connectivity index (χ4v) is 2.72. The van der Waals surface area contributed by atoms with Crippen LogP contribution in [0.3, 0.4) is 0 Å². The Labute approximate surface area is 165 Å². The summed E-state index contributed by atoms with van der Waals surface area (Å²) in [5.41, 5.74) is 1.31. The molecule has 2 N–H and O–H groups in total. The smallest absolute Gasteiger partial charge is 0.378 e. The van der Waals surface area contributed by atoms with Crippen LogP contribution >= 0.6 is 0 Å². The van der Waals surface area contributed by atoms with Crippen LogP contribution in [-0.2, 0) is 12.7 Å². The van der Waals surface area contributed by atoms with Crippen molar-refractivity contribution in [3.8, 4) is 5.69 Å². The molecule has 3 rings (SSSR count). The summed E-state index contributed by atoms with van der Waals surface area (Å²) in [7, 11) is 3.81. The molecule has 2 amide bonds. The van der Waals surface area contributed by atoms with Gasteiger partial charge < -0.3 is 15.5 Å². The number of halogens is 3. The predicted molar refractivity (Wildman–Crippen MR) is 105 cm³/mol. The molecule has 0 fully saturated rings. The molecule has 29 heavy (non-hydrogen) atoms. The maximum absolute atomic E-state index is 13.1. The van der Waals surface area contributed by atoms with Crippen LogP contribution in [0.2, 0.25) is 0 Å². The van der Waals surface area contributed by atoms with Gasteiger partial charge in [0, 0.05) is 38.7 Å². The van der Waals surface area contributed by atoms with Crippen molar-refractivity contribution in [3.05, 3.63) is 72.1 Å². The second-order valence-corrected chi connectivity index (χ2v) is 6.55. The summed E-state index contributed by atoms with van der Waals surface area (Å²) in [6, 6.07) is 11.7. The molecule has 0 radical (unpaired) electrons. The van der Waals surface area contributed by atoms with Crippen LogP contribution in [0.5, 0.6) is 0 Å². The van der Waals surface area contributed by atoms with Crippen LogP contribution < -0.4 is 15.5 Å². The zero-order valence-electron chi connectivity index (χ0n) is 15.9. The van der Waals surface area contributed by atoms with Gasteiger partial charge in [-0.1, -0.05) is 12.1 Å². The summed E-state index contributed by atoms with van der Waals surface area (Å²) in [5.74, 6) is 0. The van der Waals surface area contributed by atoms with E-state index in [1.54, 1.807) is 12.3 Å². The summed E-state index contributed by atoms with van der Waals surface area (Å²) < 4.78 is 40.7. The van der Waals surface area contributed by atoms with E-state index in [-0.39, 0.29) is 12.2 Å². The Kier molecular flexibility index (Phi) is 5.76. The summed E-state index contributed by atoms with van der Waals surface area (Å²) in [6.07, 6.45) is -1.44. The van der Waals surface area contributed by atoms with Crippen LogP contribution in [0.4, 0.5) is 29.3 Å². The average Bonchev–Trinajstić information content (AvgIpc) is 3.20. The van der Waals surface area contributed by atoms with Gasteiger partial charge in [-0.2, -0.15) is 18.3 Å². The normalized spacial score (nSPS) is 11.2. The first-order valence-corrected chi connectivity index (χ1v) is 8.76. The molecule has 2 aromatic carbocycles. The Morgan fingerprint density at radius 2 is 1.93 bits per heavy atom. The summed E-state index contributed by atoms with van der Waals surface area (Å²) in [6.45, 7) is 0.226. The van der Waals surface area contributed by atoms with E-state index in [1.165, 1.54) is 16.9 Å². The highest BCUT2D eigenvalue weighted by molar-refractivity contribution is 5.91. The maximum Gasteiger partial charge on any atom is 0.416 e. The zero-order valence-corrected chi connectivity index (χ0v) is 15.9. The lowest BCUT2D eigenvalue weighted by atomic mass is 10.1. The highest BCUT2D eigenvalue weighted by Crippen LogP contribution is 2.33. The third-order valence-electron chi connectivity index (χ3n) is 4.20. The third kappa shape index (κ3) is 5.07. The number of hydrogen-bond acceptors (Lipinski definition) is 3. The Balaban J connectivity index is 1.77. The van der Waals surface area contributed by atoms with Gasteiger partial charge in [-0.3, -0.25) is 0 Å². The minimum atomic E-state index is -4.53. The molecule has 0 spiro atoms. The molecule has 0 bridgehead atoms. The Morgan fingerprint density at radius 1 is 1.14 bits per heavy atom. The molecule has 0 saturated carbocycles. The number of anilines is 2. The number of carbonyl (C=O) groups is 1. The van der Waals surface area contributed by atoms with E-state index in [0.717, 1.165) is 23.4 Å². The minimum absolute atomic E-state index is 0.00284. The molecule has 3 aromatic rings. The molecule has 6 nitrogen and oxygen atoms in total. The molecule has 0 aliphatic carbocycles. The van der Waals surface area contributed by atoms with Crippen molar-refractivity contribution in [2.75, 3.05) is 24.3 Å². The largest absolute Gasteiger partial charge is 0.416 e. The Morgan fingerprint density at radius 3 is 2.59 bits per heavy atom. The Hall–Kier alpha value is -3.49. The van der Waals surface area contributed by atoms with E-state index >= 15 is 0 Å². The minimum Gasteiger partial charge on any atom is -0.378 e. The van der Waals surface area contributed by atoms with Crippen molar-refractivity contribution in [3.63, 3.8) is 0 Å². The zero-order chi connectivity index (χ0) is 21.0. The van der Waals surface area contributed by atoms with E-state index in [1.807, 2.05) is 43.3 Å². The van der Waals surface area contributed by atoms with Crippen LogP contribution in [0.25, 0.3) is 5.69 Å². The number of urea groups is 1. The van der Waals surface area contributed by atoms with Crippen LogP contribution in [0, 0.1) is 0 Å². The number of amides is 2. The van der Waals surface area contributed by atoms with Gasteiger partial charge in [-0.25, -0.2) is 9.48 Å². The molecule has 0 aliphatic rings. The van der Waals surface area contributed by atoms with Crippen molar-refractivity contribution in [2.45, 2.75) is 12.7 Å². The number of hydrogen-bond donors (Lipinski definition) is 2. The molecule has 1 heterocycles. The first-order valence-electron chi connectivity index (χ1n) is 8.76. The van der Waals surface area contributed by atoms with Crippen LogP contribution in [0.1, 0.15) is 11.1 Å². The molecule has 9 heteroatoms. The second-order valence-electron chi connectivity index (χ2n) is 6.55. The van der Waals surface area contributed by atoms with E-state index in [0.29, 0.717) is 5.69 Å². The third-order valence-corrected chi connectivity index (χ3v) is 4.20. The van der Waals surface area contributed by atoms with Gasteiger partial charge >= 0.3 is 12.2 Å². The van der Waals surface area contributed by atoms with Crippen molar-refractivity contribution in [1.82, 2.24) is 15.1 Å². The predicted octanol–water partition coefficient (Wildman–Crippen LogP) is 4.28. The number of aromatic nitrogens is 2. The fraction of sp³-hybridized carbons (Fsp3) is 0.200. The van der Waals surface area contributed by atoms with Gasteiger partial charge in [-0.15, -0.1) is 0 Å². The molecule has 0 unspecified atom stereocenters. The van der Waals surface area contributed by atoms with Crippen molar-refractivity contribution >= 4 is 17.4 Å². The second kappa shape index (κ2) is 8.26. The van der Waals surface area contributed by atoms with Crippen LogP contribution in [0.15, 0.2) is 60.9 Å². The molecule has 152 valence electrons. The highest BCUT2D eigenvalue weighted by atomic mass is 19.4. The van der Waals surface area contributed by atoms with Gasteiger partial charge in [0.05, 0.1) is 16.9 Å². The molecule has 0 atom stereocenters. The lowest BCUT2D eigenvalue weighted by Gasteiger charge is -2.16. The van der Waals surface area contributed by atoms with E-state index in [4.69, 9.17) is 0 Å². The van der Waals surface area contributed by atoms with E-state index in [9.17, 15) is 18.0 Å². The fourth-order valence-electron chi connectivity index (χ4n) is 2.72. The number of benzene rings is 2. The maximum atomic E-state index is 13.1. The molecule has 1 aromatic heterocycles. The lowest BCUT2D eigenvalue weighted by Crippen LogP contribution is -2.29. The standard InChI is InChI=1S/C20H20F3N5O/c1-27(2)16-6-3-5-14(11-16)13-24-19(29)26-17-12-15(20(21,22)23)7-8-18(17)28-10-4-9-25-28/h3-12H,13H2,1-2H3,(H2,24,26,29). The number of rotatable bonds is 5. The number of nitrogens with zero attached hydrogens (tertiary/aromatic N) is 3. The van der Waals surface area contributed by atoms with Gasteiger partial charge in [0.1, 0.15) is 0 Å². The first-order chi connectivity index (χ1) is 13.7. The van der Waals surface area contributed by atoms with Gasteiger partial charge in [0.15, 0.2) is 0 Å². The Bertz CT molecular complexity index is 984. The number of carbonyl (C=O) groups excluding carboxylic acids is 1. The monoisotopic (exact) mass is 403 g/mol. The van der Waals surface area contributed by atoms with E-state index in [2.05, 4.69) is 15.7 Å².